The molecule has 4 rings (SSSR count). The van der Waals surface area contributed by atoms with Crippen molar-refractivity contribution in [3.8, 4) is 0 Å². The maximum atomic E-state index is 10.6. The average Bonchev–Trinajstić information content (AvgIpc) is 3.13. The fraction of sp³-hybridized carbons (Fsp3) is 0.368. The highest BCUT2D eigenvalue weighted by Gasteiger charge is 2.28. The Morgan fingerprint density at radius 2 is 1.90 bits per heavy atom. The first-order valence-electron chi connectivity index (χ1n) is 7.83. The molecule has 1 nitrogen and oxygen atoms in total. The van der Waals surface area contributed by atoms with Gasteiger partial charge < -0.3 is 5.11 Å². The zero-order valence-electron chi connectivity index (χ0n) is 12.1. The summed E-state index contributed by atoms with van der Waals surface area (Å²) in [6, 6.07) is 15.3. The third-order valence-corrected chi connectivity index (χ3v) is 6.14. The third-order valence-electron chi connectivity index (χ3n) is 4.71. The molecule has 21 heavy (non-hydrogen) atoms. The maximum Gasteiger partial charge on any atom is 0.0705 e. The second-order valence-corrected chi connectivity index (χ2v) is 7.48. The second kappa shape index (κ2) is 5.51. The lowest BCUT2D eigenvalue weighted by molar-refractivity contribution is 0.172. The first kappa shape index (κ1) is 13.4. The van der Waals surface area contributed by atoms with E-state index in [2.05, 4.69) is 42.5 Å². The summed E-state index contributed by atoms with van der Waals surface area (Å²) in [6.07, 6.45) is 5.23. The Labute approximate surface area is 130 Å². The number of aliphatic hydroxyl groups is 1. The Bertz CT molecular complexity index is 639. The van der Waals surface area contributed by atoms with Crippen molar-refractivity contribution in [3.05, 3.63) is 64.7 Å². The van der Waals surface area contributed by atoms with Gasteiger partial charge in [-0.05, 0) is 60.4 Å². The summed E-state index contributed by atoms with van der Waals surface area (Å²) >= 11 is 1.84. The molecular formula is C19H20OS. The molecule has 2 aliphatic rings. The van der Waals surface area contributed by atoms with Crippen molar-refractivity contribution in [1.82, 2.24) is 0 Å². The fourth-order valence-electron chi connectivity index (χ4n) is 3.55. The first-order valence-corrected chi connectivity index (χ1v) is 8.71. The average molecular weight is 296 g/mol. The van der Waals surface area contributed by atoms with E-state index < -0.39 is 0 Å². The number of rotatable bonds is 3. The second-order valence-electron chi connectivity index (χ2n) is 6.20. The van der Waals surface area contributed by atoms with E-state index >= 15 is 0 Å². The van der Waals surface area contributed by atoms with E-state index in [-0.39, 0.29) is 6.10 Å². The van der Waals surface area contributed by atoms with Crippen LogP contribution in [0.3, 0.4) is 0 Å². The molecule has 1 aliphatic heterocycles. The van der Waals surface area contributed by atoms with Gasteiger partial charge in [0, 0.05) is 10.1 Å². The van der Waals surface area contributed by atoms with Crippen molar-refractivity contribution in [3.63, 3.8) is 0 Å². The van der Waals surface area contributed by atoms with Crippen LogP contribution in [0.15, 0.2) is 47.4 Å². The molecule has 2 heteroatoms. The molecule has 0 saturated carbocycles. The van der Waals surface area contributed by atoms with E-state index in [1.54, 1.807) is 0 Å². The molecule has 0 amide bonds. The molecule has 0 fully saturated rings. The van der Waals surface area contributed by atoms with Crippen molar-refractivity contribution in [2.45, 2.75) is 48.4 Å². The van der Waals surface area contributed by atoms with Crippen LogP contribution >= 0.6 is 11.8 Å². The lowest BCUT2D eigenvalue weighted by Crippen LogP contribution is -2.25. The van der Waals surface area contributed by atoms with Crippen LogP contribution in [-0.4, -0.2) is 16.5 Å². The van der Waals surface area contributed by atoms with Crippen molar-refractivity contribution >= 4 is 11.8 Å². The Morgan fingerprint density at radius 1 is 1.05 bits per heavy atom. The quantitative estimate of drug-likeness (QED) is 0.930. The Hall–Kier alpha value is -1.25. The molecular weight excluding hydrogens is 276 g/mol. The number of fused-ring (bicyclic) bond motifs is 2. The van der Waals surface area contributed by atoms with Crippen molar-refractivity contribution < 1.29 is 5.11 Å². The first-order chi connectivity index (χ1) is 10.3. The van der Waals surface area contributed by atoms with E-state index in [0.717, 1.165) is 12.8 Å². The SMILES string of the molecule is OC(Cc1ccc2c(c1)CCC2)C1Cc2ccccc2S1. The minimum Gasteiger partial charge on any atom is -0.392 e. The lowest BCUT2D eigenvalue weighted by atomic mass is 9.98. The highest BCUT2D eigenvalue weighted by atomic mass is 32.2. The fourth-order valence-corrected chi connectivity index (χ4v) is 4.85. The molecule has 2 aromatic rings. The van der Waals surface area contributed by atoms with Crippen LogP contribution in [0.25, 0.3) is 0 Å². The molecule has 1 aliphatic carbocycles. The van der Waals surface area contributed by atoms with Gasteiger partial charge in [0.05, 0.1) is 6.10 Å². The number of hydrogen-bond donors (Lipinski definition) is 1. The van der Waals surface area contributed by atoms with Gasteiger partial charge in [-0.3, -0.25) is 0 Å². The summed E-state index contributed by atoms with van der Waals surface area (Å²) < 4.78 is 0. The van der Waals surface area contributed by atoms with Crippen LogP contribution in [0.4, 0.5) is 0 Å². The van der Waals surface area contributed by atoms with Gasteiger partial charge in [0.2, 0.25) is 0 Å². The Kier molecular flexibility index (Phi) is 3.52. The van der Waals surface area contributed by atoms with E-state index in [9.17, 15) is 5.11 Å². The predicted octanol–water partition coefficient (Wildman–Crippen LogP) is 3.80. The molecule has 0 aromatic heterocycles. The molecule has 1 N–H and O–H groups in total. The highest BCUT2D eigenvalue weighted by Crippen LogP contribution is 2.39. The molecule has 0 bridgehead atoms. The number of benzene rings is 2. The molecule has 2 unspecified atom stereocenters. The van der Waals surface area contributed by atoms with Crippen LogP contribution in [0.2, 0.25) is 0 Å². The van der Waals surface area contributed by atoms with E-state index in [4.69, 9.17) is 0 Å². The summed E-state index contributed by atoms with van der Waals surface area (Å²) in [7, 11) is 0. The van der Waals surface area contributed by atoms with Gasteiger partial charge in [-0.25, -0.2) is 0 Å². The summed E-state index contributed by atoms with van der Waals surface area (Å²) in [5, 5.41) is 10.9. The van der Waals surface area contributed by atoms with Gasteiger partial charge >= 0.3 is 0 Å². The Morgan fingerprint density at radius 3 is 2.81 bits per heavy atom. The molecule has 2 aromatic carbocycles. The minimum absolute atomic E-state index is 0.262. The minimum atomic E-state index is -0.262. The standard InChI is InChI=1S/C19H20OS/c20-17(19-12-16-4-1-2-7-18(16)21-19)11-13-8-9-14-5-3-6-15(14)10-13/h1-2,4,7-10,17,19-20H,3,5-6,11-12H2. The number of aliphatic hydroxyl groups excluding tert-OH is 1. The van der Waals surface area contributed by atoms with Crippen molar-refractivity contribution in [2.75, 3.05) is 0 Å². The number of aryl methyl sites for hydroxylation is 2. The van der Waals surface area contributed by atoms with Crippen LogP contribution in [-0.2, 0) is 25.7 Å². The van der Waals surface area contributed by atoms with Gasteiger partial charge in [-0.1, -0.05) is 36.4 Å². The summed E-state index contributed by atoms with van der Waals surface area (Å²) in [5.74, 6) is 0. The molecule has 0 radical (unpaired) electrons. The van der Waals surface area contributed by atoms with Gasteiger partial charge in [0.25, 0.3) is 0 Å². The summed E-state index contributed by atoms with van der Waals surface area (Å²) in [6.45, 7) is 0. The molecule has 0 spiro atoms. The molecule has 1 heterocycles. The van der Waals surface area contributed by atoms with Gasteiger partial charge in [-0.15, -0.1) is 11.8 Å². The van der Waals surface area contributed by atoms with Gasteiger partial charge in [0.1, 0.15) is 0 Å². The topological polar surface area (TPSA) is 20.2 Å². The van der Waals surface area contributed by atoms with Crippen LogP contribution in [0.5, 0.6) is 0 Å². The molecule has 2 atom stereocenters. The van der Waals surface area contributed by atoms with Gasteiger partial charge in [-0.2, -0.15) is 0 Å². The van der Waals surface area contributed by atoms with Crippen LogP contribution < -0.4 is 0 Å². The zero-order chi connectivity index (χ0) is 14.2. The molecule has 0 saturated heterocycles. The monoisotopic (exact) mass is 296 g/mol. The lowest BCUT2D eigenvalue weighted by Gasteiger charge is -2.17. The third kappa shape index (κ3) is 2.63. The highest BCUT2D eigenvalue weighted by molar-refractivity contribution is 8.00. The van der Waals surface area contributed by atoms with E-state index in [0.29, 0.717) is 5.25 Å². The van der Waals surface area contributed by atoms with Crippen LogP contribution in [0, 0.1) is 0 Å². The smallest absolute Gasteiger partial charge is 0.0705 e. The molecule has 108 valence electrons. The van der Waals surface area contributed by atoms with Crippen molar-refractivity contribution in [2.24, 2.45) is 0 Å². The number of thioether (sulfide) groups is 1. The predicted molar refractivity (Wildman–Crippen MR) is 88.0 cm³/mol. The maximum absolute atomic E-state index is 10.6. The van der Waals surface area contributed by atoms with Crippen molar-refractivity contribution in [1.29, 1.82) is 0 Å². The number of hydrogen-bond acceptors (Lipinski definition) is 2. The summed E-state index contributed by atoms with van der Waals surface area (Å²) in [4.78, 5) is 1.34. The zero-order valence-corrected chi connectivity index (χ0v) is 12.9. The van der Waals surface area contributed by atoms with Crippen LogP contribution in [0.1, 0.15) is 28.7 Å². The van der Waals surface area contributed by atoms with E-state index in [1.807, 2.05) is 11.8 Å². The normalized spacial score (nSPS) is 21.1. The van der Waals surface area contributed by atoms with E-state index in [1.165, 1.54) is 46.4 Å². The van der Waals surface area contributed by atoms with Gasteiger partial charge in [0.15, 0.2) is 0 Å². The summed E-state index contributed by atoms with van der Waals surface area (Å²) in [5.41, 5.74) is 5.69. The largest absolute Gasteiger partial charge is 0.392 e. The Balaban J connectivity index is 1.46.